The molecule has 3 nitrogen and oxygen atoms in total. The van der Waals surface area contributed by atoms with Crippen LogP contribution in [0.4, 0.5) is 19.0 Å². The molecule has 0 radical (unpaired) electrons. The largest absolute Gasteiger partial charge is 0.437 e. The Bertz CT molecular complexity index is 524. The second kappa shape index (κ2) is 3.13. The van der Waals surface area contributed by atoms with Crippen molar-refractivity contribution in [2.45, 2.75) is 25.1 Å². The molecule has 86 valence electrons. The average molecular weight is 247 g/mol. The molecule has 0 spiro atoms. The van der Waals surface area contributed by atoms with E-state index in [0.717, 1.165) is 12.8 Å². The van der Waals surface area contributed by atoms with E-state index >= 15 is 0 Å². The van der Waals surface area contributed by atoms with Gasteiger partial charge in [0.25, 0.3) is 0 Å². The van der Waals surface area contributed by atoms with Crippen LogP contribution < -0.4 is 5.32 Å². The van der Waals surface area contributed by atoms with Gasteiger partial charge in [-0.05, 0) is 12.8 Å². The van der Waals surface area contributed by atoms with Crippen LogP contribution in [0.1, 0.15) is 18.5 Å². The lowest BCUT2D eigenvalue weighted by atomic mass is 10.4. The molecule has 16 heavy (non-hydrogen) atoms. The lowest BCUT2D eigenvalue weighted by Crippen LogP contribution is -2.12. The van der Waals surface area contributed by atoms with Crippen molar-refractivity contribution in [3.63, 3.8) is 0 Å². The lowest BCUT2D eigenvalue weighted by molar-refractivity contribution is -0.140. The number of hydrogen-bond donors (Lipinski definition) is 1. The molecule has 0 unspecified atom stereocenters. The molecule has 2 aromatic heterocycles. The summed E-state index contributed by atoms with van der Waals surface area (Å²) in [6, 6.07) is 0.167. The minimum absolute atomic E-state index is 0.0752. The maximum atomic E-state index is 12.7. The third kappa shape index (κ3) is 1.55. The van der Waals surface area contributed by atoms with Crippen LogP contribution >= 0.6 is 11.3 Å². The van der Waals surface area contributed by atoms with Crippen molar-refractivity contribution in [1.29, 1.82) is 0 Å². The SMILES string of the molecule is FC(F)(F)c1nc2sccn2c1NC1CC1. The monoisotopic (exact) mass is 247 g/mol. The van der Waals surface area contributed by atoms with Crippen molar-refractivity contribution >= 4 is 22.1 Å². The number of alkyl halides is 3. The standard InChI is InChI=1S/C9H8F3N3S/c10-9(11,12)6-7(13-5-1-2-5)15-3-4-16-8(15)14-6/h3-5,13H,1-2H2. The summed E-state index contributed by atoms with van der Waals surface area (Å²) in [5.74, 6) is 0.0752. The number of thiazole rings is 1. The van der Waals surface area contributed by atoms with Crippen molar-refractivity contribution < 1.29 is 13.2 Å². The third-order valence-corrected chi connectivity index (χ3v) is 3.21. The number of nitrogens with zero attached hydrogens (tertiary/aromatic N) is 2. The molecule has 0 aliphatic heterocycles. The fraction of sp³-hybridized carbons (Fsp3) is 0.444. The van der Waals surface area contributed by atoms with Gasteiger partial charge in [-0.2, -0.15) is 13.2 Å². The normalized spacial score (nSPS) is 16.9. The molecule has 2 heterocycles. The number of hydrogen-bond acceptors (Lipinski definition) is 3. The number of halogens is 3. The van der Waals surface area contributed by atoms with E-state index in [1.165, 1.54) is 15.7 Å². The summed E-state index contributed by atoms with van der Waals surface area (Å²) in [6.07, 6.45) is -0.945. The lowest BCUT2D eigenvalue weighted by Gasteiger charge is -2.08. The number of fused-ring (bicyclic) bond motifs is 1. The summed E-state index contributed by atoms with van der Waals surface area (Å²) >= 11 is 1.20. The van der Waals surface area contributed by atoms with Crippen molar-refractivity contribution in [2.75, 3.05) is 5.32 Å². The van der Waals surface area contributed by atoms with Gasteiger partial charge < -0.3 is 5.32 Å². The molecule has 1 fully saturated rings. The summed E-state index contributed by atoms with van der Waals surface area (Å²) in [7, 11) is 0. The predicted molar refractivity (Wildman–Crippen MR) is 54.7 cm³/mol. The molecular weight excluding hydrogens is 239 g/mol. The molecule has 2 aromatic rings. The van der Waals surface area contributed by atoms with Crippen LogP contribution in [0.2, 0.25) is 0 Å². The highest BCUT2D eigenvalue weighted by Crippen LogP contribution is 2.37. The highest BCUT2D eigenvalue weighted by atomic mass is 32.1. The van der Waals surface area contributed by atoms with Gasteiger partial charge >= 0.3 is 6.18 Å². The number of nitrogens with one attached hydrogen (secondary N) is 1. The second-order valence-corrected chi connectivity index (χ2v) is 4.65. The van der Waals surface area contributed by atoms with Crippen molar-refractivity contribution in [2.24, 2.45) is 0 Å². The zero-order valence-electron chi connectivity index (χ0n) is 8.08. The Hall–Kier alpha value is -1.24. The molecule has 1 N–H and O–H groups in total. The van der Waals surface area contributed by atoms with Gasteiger partial charge in [-0.3, -0.25) is 4.40 Å². The van der Waals surface area contributed by atoms with Crippen LogP contribution in [0.15, 0.2) is 11.6 Å². The maximum absolute atomic E-state index is 12.7. The minimum atomic E-state index is -4.40. The zero-order chi connectivity index (χ0) is 11.3. The highest BCUT2D eigenvalue weighted by molar-refractivity contribution is 7.15. The third-order valence-electron chi connectivity index (χ3n) is 2.45. The second-order valence-electron chi connectivity index (χ2n) is 3.78. The quantitative estimate of drug-likeness (QED) is 0.884. The Labute approximate surface area is 92.9 Å². The van der Waals surface area contributed by atoms with Crippen LogP contribution in [0.3, 0.4) is 0 Å². The molecule has 0 aromatic carbocycles. The number of aromatic nitrogens is 2. The average Bonchev–Trinajstić information content (AvgIpc) is 2.74. The first-order valence-corrected chi connectivity index (χ1v) is 5.73. The van der Waals surface area contributed by atoms with E-state index < -0.39 is 11.9 Å². The first-order valence-electron chi connectivity index (χ1n) is 4.85. The molecule has 0 saturated heterocycles. The van der Waals surface area contributed by atoms with Gasteiger partial charge in [-0.25, -0.2) is 4.98 Å². The van der Waals surface area contributed by atoms with E-state index in [1.807, 2.05) is 0 Å². The van der Waals surface area contributed by atoms with Crippen molar-refractivity contribution in [1.82, 2.24) is 9.38 Å². The first-order chi connectivity index (χ1) is 7.55. The number of anilines is 1. The van der Waals surface area contributed by atoms with Crippen LogP contribution in [0.5, 0.6) is 0 Å². The minimum Gasteiger partial charge on any atom is -0.367 e. The smallest absolute Gasteiger partial charge is 0.367 e. The van der Waals surface area contributed by atoms with Crippen LogP contribution in [0, 0.1) is 0 Å². The number of imidazole rings is 1. The predicted octanol–water partition coefficient (Wildman–Crippen LogP) is 2.99. The topological polar surface area (TPSA) is 29.3 Å². The highest BCUT2D eigenvalue weighted by Gasteiger charge is 2.39. The molecular formula is C9H8F3N3S. The van der Waals surface area contributed by atoms with Crippen LogP contribution in [-0.4, -0.2) is 15.4 Å². The maximum Gasteiger partial charge on any atom is 0.437 e. The fourth-order valence-corrected chi connectivity index (χ4v) is 2.26. The Morgan fingerprint density at radius 1 is 1.44 bits per heavy atom. The van der Waals surface area contributed by atoms with Crippen molar-refractivity contribution in [3.05, 3.63) is 17.3 Å². The molecule has 1 aliphatic rings. The summed E-state index contributed by atoms with van der Waals surface area (Å²) in [6.45, 7) is 0. The van der Waals surface area contributed by atoms with Gasteiger partial charge in [0.1, 0.15) is 5.82 Å². The van der Waals surface area contributed by atoms with E-state index in [1.54, 1.807) is 11.6 Å². The number of rotatable bonds is 2. The van der Waals surface area contributed by atoms with Gasteiger partial charge in [0.2, 0.25) is 0 Å². The van der Waals surface area contributed by atoms with Gasteiger partial charge in [0, 0.05) is 17.6 Å². The summed E-state index contributed by atoms with van der Waals surface area (Å²) in [5.41, 5.74) is -0.814. The molecule has 0 amide bonds. The fourth-order valence-electron chi connectivity index (χ4n) is 1.54. The van der Waals surface area contributed by atoms with E-state index in [9.17, 15) is 13.2 Å². The molecule has 0 bridgehead atoms. The molecule has 3 rings (SSSR count). The van der Waals surface area contributed by atoms with E-state index in [0.29, 0.717) is 4.96 Å². The molecule has 1 aliphatic carbocycles. The Morgan fingerprint density at radius 3 is 2.81 bits per heavy atom. The van der Waals surface area contributed by atoms with Gasteiger partial charge in [0.15, 0.2) is 10.7 Å². The van der Waals surface area contributed by atoms with E-state index in [2.05, 4.69) is 10.3 Å². The van der Waals surface area contributed by atoms with Crippen LogP contribution in [-0.2, 0) is 6.18 Å². The zero-order valence-corrected chi connectivity index (χ0v) is 8.90. The summed E-state index contributed by atoms with van der Waals surface area (Å²) in [4.78, 5) is 3.99. The summed E-state index contributed by atoms with van der Waals surface area (Å²) < 4.78 is 39.6. The van der Waals surface area contributed by atoms with E-state index in [4.69, 9.17) is 0 Å². The van der Waals surface area contributed by atoms with Gasteiger partial charge in [0.05, 0.1) is 0 Å². The van der Waals surface area contributed by atoms with E-state index in [-0.39, 0.29) is 11.9 Å². The van der Waals surface area contributed by atoms with Gasteiger partial charge in [-0.15, -0.1) is 11.3 Å². The Balaban J connectivity index is 2.13. The van der Waals surface area contributed by atoms with Crippen LogP contribution in [0.25, 0.3) is 4.96 Å². The molecule has 1 saturated carbocycles. The summed E-state index contributed by atoms with van der Waals surface area (Å²) in [5, 5.41) is 4.61. The van der Waals surface area contributed by atoms with Crippen molar-refractivity contribution in [3.8, 4) is 0 Å². The first kappa shape index (κ1) is 9.95. The molecule has 7 heteroatoms. The Morgan fingerprint density at radius 2 is 2.19 bits per heavy atom. The molecule has 0 atom stereocenters. The Kier molecular flexibility index (Phi) is 1.95. The van der Waals surface area contributed by atoms with Gasteiger partial charge in [-0.1, -0.05) is 0 Å².